The molecule has 1 rings (SSSR count). The van der Waals surface area contributed by atoms with E-state index in [2.05, 4.69) is 20.0 Å². The summed E-state index contributed by atoms with van der Waals surface area (Å²) in [6.07, 6.45) is 2.53. The molecule has 54 valence electrons. The molecule has 10 heavy (non-hydrogen) atoms. The fraction of sp³-hybridized carbons (Fsp3) is 0.200. The van der Waals surface area contributed by atoms with Crippen LogP contribution in [0.15, 0.2) is 17.0 Å². The van der Waals surface area contributed by atoms with Crippen LogP contribution < -0.4 is 5.48 Å². The monoisotopic (exact) mass is 142 g/mol. The van der Waals surface area contributed by atoms with Crippen LogP contribution in [0.4, 0.5) is 0 Å². The van der Waals surface area contributed by atoms with Crippen LogP contribution >= 0.6 is 0 Å². The number of aromatic nitrogens is 1. The van der Waals surface area contributed by atoms with E-state index >= 15 is 0 Å². The fourth-order valence-corrected chi connectivity index (χ4v) is 0.469. The Morgan fingerprint density at radius 2 is 2.70 bits per heavy atom. The van der Waals surface area contributed by atoms with Gasteiger partial charge in [0.25, 0.3) is 5.91 Å². The average Bonchev–Trinajstić information content (AvgIpc) is 2.38. The quantitative estimate of drug-likeness (QED) is 0.588. The minimum absolute atomic E-state index is 0.335. The smallest absolute Gasteiger partial charge is 0.279 e. The Balaban J connectivity index is 2.59. The molecule has 0 radical (unpaired) electrons. The molecule has 0 saturated carbocycles. The van der Waals surface area contributed by atoms with Crippen molar-refractivity contribution in [1.82, 2.24) is 10.6 Å². The normalized spacial score (nSPS) is 9.30. The highest BCUT2D eigenvalue weighted by molar-refractivity contribution is 5.92. The summed E-state index contributed by atoms with van der Waals surface area (Å²) in [5.74, 6) is -0.372. The molecule has 0 bridgehead atoms. The summed E-state index contributed by atoms with van der Waals surface area (Å²) in [6.45, 7) is 0. The predicted molar refractivity (Wildman–Crippen MR) is 31.0 cm³/mol. The fourth-order valence-electron chi connectivity index (χ4n) is 0.469. The number of carbonyl (C=O) groups is 1. The Hall–Kier alpha value is -1.36. The van der Waals surface area contributed by atoms with E-state index in [1.807, 2.05) is 0 Å². The van der Waals surface area contributed by atoms with E-state index in [1.165, 1.54) is 19.6 Å². The number of nitrogens with zero attached hydrogens (tertiary/aromatic N) is 1. The number of rotatable bonds is 2. The molecule has 0 spiro atoms. The van der Waals surface area contributed by atoms with Gasteiger partial charge in [-0.25, -0.2) is 5.48 Å². The van der Waals surface area contributed by atoms with Crippen molar-refractivity contribution in [3.63, 3.8) is 0 Å². The van der Waals surface area contributed by atoms with Crippen LogP contribution in [0.2, 0.25) is 0 Å². The number of nitrogens with one attached hydrogen (secondary N) is 1. The Labute approximate surface area is 56.9 Å². The van der Waals surface area contributed by atoms with E-state index in [1.54, 1.807) is 0 Å². The van der Waals surface area contributed by atoms with E-state index in [4.69, 9.17) is 0 Å². The highest BCUT2D eigenvalue weighted by Gasteiger charge is 2.05. The van der Waals surface area contributed by atoms with Crippen LogP contribution in [0.1, 0.15) is 10.4 Å². The first-order chi connectivity index (χ1) is 4.84. The zero-order valence-electron chi connectivity index (χ0n) is 5.33. The standard InChI is InChI=1S/C5H6N2O3/c1-9-7-5(8)4-2-6-10-3-4/h2-3H,1H3,(H,7,8). The molecule has 0 saturated heterocycles. The number of hydroxylamine groups is 1. The zero-order valence-corrected chi connectivity index (χ0v) is 5.33. The predicted octanol–water partition coefficient (Wildman–Crippen LogP) is -0.0342. The van der Waals surface area contributed by atoms with Crippen molar-refractivity contribution in [2.45, 2.75) is 0 Å². The molecule has 1 aromatic rings. The molecular formula is C5H6N2O3. The van der Waals surface area contributed by atoms with Gasteiger partial charge in [-0.15, -0.1) is 0 Å². The van der Waals surface area contributed by atoms with Crippen molar-refractivity contribution in [2.24, 2.45) is 0 Å². The molecule has 0 aliphatic heterocycles. The molecule has 5 nitrogen and oxygen atoms in total. The van der Waals surface area contributed by atoms with E-state index < -0.39 is 0 Å². The summed E-state index contributed by atoms with van der Waals surface area (Å²) >= 11 is 0. The van der Waals surface area contributed by atoms with Gasteiger partial charge in [0.1, 0.15) is 11.8 Å². The van der Waals surface area contributed by atoms with Gasteiger partial charge in [-0.2, -0.15) is 0 Å². The SMILES string of the molecule is CONC(=O)c1cnoc1. The lowest BCUT2D eigenvalue weighted by atomic mass is 10.4. The van der Waals surface area contributed by atoms with E-state index in [0.29, 0.717) is 5.56 Å². The Morgan fingerprint density at radius 3 is 3.20 bits per heavy atom. The molecule has 5 heteroatoms. The number of carbonyl (C=O) groups excluding carboxylic acids is 1. The van der Waals surface area contributed by atoms with Gasteiger partial charge in [0, 0.05) is 0 Å². The van der Waals surface area contributed by atoms with Crippen LogP contribution in [0, 0.1) is 0 Å². The van der Waals surface area contributed by atoms with E-state index in [9.17, 15) is 4.79 Å². The lowest BCUT2D eigenvalue weighted by molar-refractivity contribution is 0.0537. The first-order valence-electron chi connectivity index (χ1n) is 2.57. The largest absolute Gasteiger partial charge is 0.364 e. The first-order valence-corrected chi connectivity index (χ1v) is 2.57. The average molecular weight is 142 g/mol. The Morgan fingerprint density at radius 1 is 1.90 bits per heavy atom. The molecule has 1 amide bonds. The van der Waals surface area contributed by atoms with Gasteiger partial charge in [0.15, 0.2) is 0 Å². The maximum atomic E-state index is 10.8. The van der Waals surface area contributed by atoms with Crippen molar-refractivity contribution in [3.8, 4) is 0 Å². The van der Waals surface area contributed by atoms with Crippen LogP contribution in [0.3, 0.4) is 0 Å². The zero-order chi connectivity index (χ0) is 7.40. The van der Waals surface area contributed by atoms with Crippen molar-refractivity contribution in [1.29, 1.82) is 0 Å². The van der Waals surface area contributed by atoms with Crippen LogP contribution in [0.25, 0.3) is 0 Å². The van der Waals surface area contributed by atoms with Gasteiger partial charge in [-0.05, 0) is 0 Å². The van der Waals surface area contributed by atoms with Gasteiger partial charge < -0.3 is 4.52 Å². The van der Waals surface area contributed by atoms with Crippen molar-refractivity contribution < 1.29 is 14.2 Å². The third-order valence-corrected chi connectivity index (χ3v) is 0.889. The molecular weight excluding hydrogens is 136 g/mol. The highest BCUT2D eigenvalue weighted by atomic mass is 16.6. The second-order valence-corrected chi connectivity index (χ2v) is 1.55. The van der Waals surface area contributed by atoms with Crippen LogP contribution in [0.5, 0.6) is 0 Å². The summed E-state index contributed by atoms with van der Waals surface area (Å²) in [6, 6.07) is 0. The molecule has 0 unspecified atom stereocenters. The van der Waals surface area contributed by atoms with E-state index in [-0.39, 0.29) is 5.91 Å². The topological polar surface area (TPSA) is 64.4 Å². The molecule has 1 heterocycles. The molecule has 0 atom stereocenters. The number of amides is 1. The maximum Gasteiger partial charge on any atom is 0.279 e. The molecule has 0 aliphatic carbocycles. The van der Waals surface area contributed by atoms with Crippen molar-refractivity contribution in [3.05, 3.63) is 18.0 Å². The lowest BCUT2D eigenvalue weighted by Gasteiger charge is -1.95. The summed E-state index contributed by atoms with van der Waals surface area (Å²) in [5.41, 5.74) is 2.44. The molecule has 0 aliphatic rings. The first kappa shape index (κ1) is 6.76. The molecule has 1 N–H and O–H groups in total. The Kier molecular flexibility index (Phi) is 2.01. The number of hydrogen-bond acceptors (Lipinski definition) is 4. The van der Waals surface area contributed by atoms with Gasteiger partial charge in [0.05, 0.1) is 13.3 Å². The van der Waals surface area contributed by atoms with E-state index in [0.717, 1.165) is 0 Å². The van der Waals surface area contributed by atoms with Gasteiger partial charge in [0.2, 0.25) is 0 Å². The van der Waals surface area contributed by atoms with Crippen molar-refractivity contribution >= 4 is 5.91 Å². The molecule has 0 aromatic carbocycles. The second kappa shape index (κ2) is 2.98. The van der Waals surface area contributed by atoms with Gasteiger partial charge in [-0.1, -0.05) is 5.16 Å². The maximum absolute atomic E-state index is 10.8. The summed E-state index contributed by atoms with van der Waals surface area (Å²) < 4.78 is 4.42. The second-order valence-electron chi connectivity index (χ2n) is 1.55. The third-order valence-electron chi connectivity index (χ3n) is 0.889. The summed E-state index contributed by atoms with van der Waals surface area (Å²) in [4.78, 5) is 15.1. The van der Waals surface area contributed by atoms with Crippen molar-refractivity contribution in [2.75, 3.05) is 7.11 Å². The van der Waals surface area contributed by atoms with Gasteiger partial charge >= 0.3 is 0 Å². The van der Waals surface area contributed by atoms with Gasteiger partial charge in [-0.3, -0.25) is 9.63 Å². The molecule has 0 fully saturated rings. The number of hydrogen-bond donors (Lipinski definition) is 1. The minimum Gasteiger partial charge on any atom is -0.364 e. The molecule has 1 aromatic heterocycles. The summed E-state index contributed by atoms with van der Waals surface area (Å²) in [5, 5.41) is 3.33. The summed E-state index contributed by atoms with van der Waals surface area (Å²) in [7, 11) is 1.35. The minimum atomic E-state index is -0.372. The lowest BCUT2D eigenvalue weighted by Crippen LogP contribution is -2.20. The highest BCUT2D eigenvalue weighted by Crippen LogP contribution is 1.94. The van der Waals surface area contributed by atoms with Crippen LogP contribution in [-0.2, 0) is 4.84 Å². The Bertz CT molecular complexity index is 207. The van der Waals surface area contributed by atoms with Crippen LogP contribution in [-0.4, -0.2) is 18.2 Å². The third kappa shape index (κ3) is 1.32.